The Balaban J connectivity index is 2.02. The lowest BCUT2D eigenvalue weighted by Gasteiger charge is -2.35. The zero-order valence-corrected chi connectivity index (χ0v) is 14.8. The van der Waals surface area contributed by atoms with Crippen molar-refractivity contribution in [3.05, 3.63) is 29.8 Å². The van der Waals surface area contributed by atoms with Crippen molar-refractivity contribution >= 4 is 23.6 Å². The van der Waals surface area contributed by atoms with Gasteiger partial charge >= 0.3 is 12.0 Å². The Labute approximate surface area is 147 Å². The van der Waals surface area contributed by atoms with E-state index >= 15 is 0 Å². The predicted octanol–water partition coefficient (Wildman–Crippen LogP) is 2.46. The molecular formula is C18H25N3O4. The van der Waals surface area contributed by atoms with Gasteiger partial charge in [-0.1, -0.05) is 19.1 Å². The lowest BCUT2D eigenvalue weighted by atomic mass is 9.91. The number of nitrogens with one attached hydrogen (secondary N) is 2. The Bertz CT molecular complexity index is 661. The first kappa shape index (κ1) is 18.8. The first-order valence-electron chi connectivity index (χ1n) is 8.42. The van der Waals surface area contributed by atoms with E-state index in [2.05, 4.69) is 10.6 Å². The number of aliphatic carboxylic acids is 1. The number of benzene rings is 1. The van der Waals surface area contributed by atoms with Crippen LogP contribution in [0, 0.1) is 11.8 Å². The summed E-state index contributed by atoms with van der Waals surface area (Å²) in [6.07, 6.45) is 0.591. The molecule has 1 saturated heterocycles. The van der Waals surface area contributed by atoms with Gasteiger partial charge in [0, 0.05) is 25.7 Å². The van der Waals surface area contributed by atoms with Crippen molar-refractivity contribution in [2.45, 2.75) is 33.2 Å². The molecule has 0 aliphatic carbocycles. The minimum absolute atomic E-state index is 0.152. The highest BCUT2D eigenvalue weighted by molar-refractivity contribution is 5.88. The molecule has 1 heterocycles. The molecule has 136 valence electrons. The van der Waals surface area contributed by atoms with Crippen LogP contribution in [-0.2, 0) is 9.59 Å². The summed E-state index contributed by atoms with van der Waals surface area (Å²) in [7, 11) is 0. The average molecular weight is 347 g/mol. The fourth-order valence-electron chi connectivity index (χ4n) is 3.15. The first-order chi connectivity index (χ1) is 11.8. The van der Waals surface area contributed by atoms with Gasteiger partial charge in [-0.25, -0.2) is 4.79 Å². The van der Waals surface area contributed by atoms with Crippen LogP contribution in [0.25, 0.3) is 0 Å². The number of hydrogen-bond donors (Lipinski definition) is 3. The lowest BCUT2D eigenvalue weighted by Crippen LogP contribution is -2.49. The number of carboxylic acids is 1. The van der Waals surface area contributed by atoms with Crippen LogP contribution < -0.4 is 10.6 Å². The molecule has 3 atom stereocenters. The predicted molar refractivity (Wildman–Crippen MR) is 94.2 cm³/mol. The maximum absolute atomic E-state index is 12.5. The standard InChI is InChI=1S/C18H25N3O4/c1-11-7-15(17(23)24)10-21(9-11)18(25)19-12(2)14-5-4-6-16(8-14)20-13(3)22/h4-6,8,11-12,15H,7,9-10H2,1-3H3,(H,19,25)(H,20,22)(H,23,24). The van der Waals surface area contributed by atoms with Crippen molar-refractivity contribution in [2.24, 2.45) is 11.8 Å². The third-order valence-electron chi connectivity index (χ3n) is 4.34. The zero-order valence-electron chi connectivity index (χ0n) is 14.8. The summed E-state index contributed by atoms with van der Waals surface area (Å²) in [6, 6.07) is 6.74. The fourth-order valence-corrected chi connectivity index (χ4v) is 3.15. The van der Waals surface area contributed by atoms with Gasteiger partial charge in [0.05, 0.1) is 12.0 Å². The maximum Gasteiger partial charge on any atom is 0.317 e. The largest absolute Gasteiger partial charge is 0.481 e. The highest BCUT2D eigenvalue weighted by Gasteiger charge is 2.32. The molecule has 1 fully saturated rings. The monoisotopic (exact) mass is 347 g/mol. The SMILES string of the molecule is CC(=O)Nc1cccc(C(C)NC(=O)N2CC(C)CC(C(=O)O)C2)c1. The fraction of sp³-hybridized carbons (Fsp3) is 0.500. The van der Waals surface area contributed by atoms with Crippen LogP contribution in [-0.4, -0.2) is 41.0 Å². The molecule has 3 N–H and O–H groups in total. The van der Waals surface area contributed by atoms with Crippen LogP contribution in [0.15, 0.2) is 24.3 Å². The molecule has 1 aromatic rings. The lowest BCUT2D eigenvalue weighted by molar-refractivity contribution is -0.143. The summed E-state index contributed by atoms with van der Waals surface area (Å²) < 4.78 is 0. The smallest absolute Gasteiger partial charge is 0.317 e. The molecule has 1 aliphatic rings. The van der Waals surface area contributed by atoms with Crippen LogP contribution in [0.5, 0.6) is 0 Å². The normalized spacial score (nSPS) is 21.3. The van der Waals surface area contributed by atoms with Gasteiger partial charge in [0.2, 0.25) is 5.91 Å². The van der Waals surface area contributed by atoms with E-state index in [-0.39, 0.29) is 30.4 Å². The van der Waals surface area contributed by atoms with Gasteiger partial charge in [-0.3, -0.25) is 9.59 Å². The highest BCUT2D eigenvalue weighted by atomic mass is 16.4. The average Bonchev–Trinajstić information content (AvgIpc) is 2.53. The molecule has 0 spiro atoms. The third-order valence-corrected chi connectivity index (χ3v) is 4.34. The number of carbonyl (C=O) groups is 3. The molecule has 0 bridgehead atoms. The number of piperidine rings is 1. The van der Waals surface area contributed by atoms with Crippen molar-refractivity contribution < 1.29 is 19.5 Å². The van der Waals surface area contributed by atoms with Crippen LogP contribution in [0.2, 0.25) is 0 Å². The van der Waals surface area contributed by atoms with Crippen molar-refractivity contribution in [1.29, 1.82) is 0 Å². The molecule has 1 aromatic carbocycles. The molecule has 0 aromatic heterocycles. The minimum atomic E-state index is -0.861. The molecule has 1 aliphatic heterocycles. The van der Waals surface area contributed by atoms with E-state index in [0.29, 0.717) is 18.7 Å². The van der Waals surface area contributed by atoms with E-state index in [9.17, 15) is 19.5 Å². The maximum atomic E-state index is 12.5. The van der Waals surface area contributed by atoms with Crippen molar-refractivity contribution in [2.75, 3.05) is 18.4 Å². The Morgan fingerprint density at radius 3 is 2.64 bits per heavy atom. The Morgan fingerprint density at radius 2 is 2.00 bits per heavy atom. The van der Waals surface area contributed by atoms with Crippen molar-refractivity contribution in [3.8, 4) is 0 Å². The number of hydrogen-bond acceptors (Lipinski definition) is 3. The first-order valence-corrected chi connectivity index (χ1v) is 8.42. The van der Waals surface area contributed by atoms with Crippen LogP contribution in [0.1, 0.15) is 38.8 Å². The summed E-state index contributed by atoms with van der Waals surface area (Å²) in [6.45, 7) is 6.02. The molecule has 7 nitrogen and oxygen atoms in total. The molecule has 3 amide bonds. The van der Waals surface area contributed by atoms with Crippen molar-refractivity contribution in [1.82, 2.24) is 10.2 Å². The number of urea groups is 1. The zero-order chi connectivity index (χ0) is 18.6. The molecule has 3 unspecified atom stereocenters. The summed E-state index contributed by atoms with van der Waals surface area (Å²) in [5, 5.41) is 14.8. The van der Waals surface area contributed by atoms with Gasteiger partial charge in [-0.05, 0) is 37.0 Å². The Hall–Kier alpha value is -2.57. The molecule has 25 heavy (non-hydrogen) atoms. The number of nitrogens with zero attached hydrogens (tertiary/aromatic N) is 1. The Kier molecular flexibility index (Phi) is 6.01. The van der Waals surface area contributed by atoms with E-state index in [1.807, 2.05) is 32.0 Å². The van der Waals surface area contributed by atoms with Gasteiger partial charge in [-0.2, -0.15) is 0 Å². The topological polar surface area (TPSA) is 98.7 Å². The molecular weight excluding hydrogens is 322 g/mol. The van der Waals surface area contributed by atoms with Gasteiger partial charge in [0.1, 0.15) is 0 Å². The molecule has 0 radical (unpaired) electrons. The van der Waals surface area contributed by atoms with E-state index < -0.39 is 11.9 Å². The number of likely N-dealkylation sites (tertiary alicyclic amines) is 1. The van der Waals surface area contributed by atoms with Crippen LogP contribution >= 0.6 is 0 Å². The second-order valence-corrected chi connectivity index (χ2v) is 6.76. The minimum Gasteiger partial charge on any atom is -0.481 e. The van der Waals surface area contributed by atoms with Crippen molar-refractivity contribution in [3.63, 3.8) is 0 Å². The van der Waals surface area contributed by atoms with Crippen LogP contribution in [0.4, 0.5) is 10.5 Å². The van der Waals surface area contributed by atoms with Gasteiger partial charge in [-0.15, -0.1) is 0 Å². The van der Waals surface area contributed by atoms with E-state index in [1.165, 1.54) is 6.92 Å². The second kappa shape index (κ2) is 8.00. The second-order valence-electron chi connectivity index (χ2n) is 6.76. The molecule has 7 heteroatoms. The summed E-state index contributed by atoms with van der Waals surface area (Å²) in [4.78, 5) is 36.5. The van der Waals surface area contributed by atoms with E-state index in [4.69, 9.17) is 0 Å². The van der Waals surface area contributed by atoms with Crippen LogP contribution in [0.3, 0.4) is 0 Å². The molecule has 2 rings (SSSR count). The quantitative estimate of drug-likeness (QED) is 0.779. The molecule has 0 saturated carbocycles. The van der Waals surface area contributed by atoms with E-state index in [1.54, 1.807) is 11.0 Å². The number of carboxylic acid groups (broad SMARTS) is 1. The van der Waals surface area contributed by atoms with E-state index in [0.717, 1.165) is 5.56 Å². The number of amides is 3. The number of rotatable bonds is 4. The number of carbonyl (C=O) groups excluding carboxylic acids is 2. The van der Waals surface area contributed by atoms with Gasteiger partial charge in [0.25, 0.3) is 0 Å². The van der Waals surface area contributed by atoms with Gasteiger partial charge in [0.15, 0.2) is 0 Å². The summed E-state index contributed by atoms with van der Waals surface area (Å²) in [5.74, 6) is -1.39. The van der Waals surface area contributed by atoms with Gasteiger partial charge < -0.3 is 20.6 Å². The Morgan fingerprint density at radius 1 is 1.28 bits per heavy atom. The highest BCUT2D eigenvalue weighted by Crippen LogP contribution is 2.23. The number of anilines is 1. The summed E-state index contributed by atoms with van der Waals surface area (Å²) in [5.41, 5.74) is 1.53. The third kappa shape index (κ3) is 5.20. The summed E-state index contributed by atoms with van der Waals surface area (Å²) >= 11 is 0.